The monoisotopic (exact) mass is 310 g/mol. The van der Waals surface area contributed by atoms with E-state index >= 15 is 0 Å². The van der Waals surface area contributed by atoms with Crippen molar-refractivity contribution in [3.8, 4) is 11.5 Å². The van der Waals surface area contributed by atoms with E-state index in [1.165, 1.54) is 0 Å². The highest BCUT2D eigenvalue weighted by Crippen LogP contribution is 2.17. The van der Waals surface area contributed by atoms with Crippen LogP contribution >= 0.6 is 0 Å². The summed E-state index contributed by atoms with van der Waals surface area (Å²) >= 11 is 0. The Hall–Kier alpha value is -1.30. The van der Waals surface area contributed by atoms with E-state index in [4.69, 9.17) is 18.9 Å². The summed E-state index contributed by atoms with van der Waals surface area (Å²) in [7, 11) is 0. The SMILES string of the molecule is CCCOc1ccc(OCCOCC[NH+]2CCOCC2)cc1. The smallest absolute Gasteiger partial charge is 0.119 e. The Kier molecular flexibility index (Phi) is 8.09. The number of benzene rings is 1. The second-order valence-electron chi connectivity index (χ2n) is 5.39. The molecule has 5 heteroatoms. The highest BCUT2D eigenvalue weighted by molar-refractivity contribution is 5.31. The van der Waals surface area contributed by atoms with Gasteiger partial charge in [-0.05, 0) is 30.7 Å². The van der Waals surface area contributed by atoms with E-state index < -0.39 is 0 Å². The Morgan fingerprint density at radius 3 is 2.18 bits per heavy atom. The lowest BCUT2D eigenvalue weighted by atomic mass is 10.3. The van der Waals surface area contributed by atoms with Gasteiger partial charge in [0.15, 0.2) is 0 Å². The molecule has 0 unspecified atom stereocenters. The highest BCUT2D eigenvalue weighted by atomic mass is 16.5. The van der Waals surface area contributed by atoms with E-state index in [1.54, 1.807) is 4.90 Å². The molecular weight excluding hydrogens is 282 g/mol. The van der Waals surface area contributed by atoms with Gasteiger partial charge < -0.3 is 23.8 Å². The van der Waals surface area contributed by atoms with Crippen molar-refractivity contribution in [3.05, 3.63) is 24.3 Å². The van der Waals surface area contributed by atoms with Crippen LogP contribution in [0.1, 0.15) is 13.3 Å². The zero-order valence-corrected chi connectivity index (χ0v) is 13.5. The molecule has 1 aliphatic heterocycles. The number of hydrogen-bond donors (Lipinski definition) is 1. The normalized spacial score (nSPS) is 15.7. The van der Waals surface area contributed by atoms with Gasteiger partial charge in [0, 0.05) is 0 Å². The maximum atomic E-state index is 5.65. The van der Waals surface area contributed by atoms with Gasteiger partial charge in [0.25, 0.3) is 0 Å². The van der Waals surface area contributed by atoms with Gasteiger partial charge in [-0.15, -0.1) is 0 Å². The molecule has 0 saturated carbocycles. The van der Waals surface area contributed by atoms with Gasteiger partial charge in [-0.1, -0.05) is 6.92 Å². The van der Waals surface area contributed by atoms with Crippen molar-refractivity contribution < 1.29 is 23.8 Å². The van der Waals surface area contributed by atoms with E-state index in [0.29, 0.717) is 13.2 Å². The van der Waals surface area contributed by atoms with Crippen molar-refractivity contribution in [2.24, 2.45) is 0 Å². The maximum absolute atomic E-state index is 5.65. The molecule has 22 heavy (non-hydrogen) atoms. The average molecular weight is 310 g/mol. The number of nitrogens with one attached hydrogen (secondary N) is 1. The van der Waals surface area contributed by atoms with E-state index in [2.05, 4.69) is 6.92 Å². The molecule has 0 radical (unpaired) electrons. The summed E-state index contributed by atoms with van der Waals surface area (Å²) in [4.78, 5) is 1.56. The summed E-state index contributed by atoms with van der Waals surface area (Å²) in [5.41, 5.74) is 0. The summed E-state index contributed by atoms with van der Waals surface area (Å²) in [5.74, 6) is 1.74. The van der Waals surface area contributed by atoms with Gasteiger partial charge in [-0.25, -0.2) is 0 Å². The van der Waals surface area contributed by atoms with Crippen LogP contribution in [0.4, 0.5) is 0 Å². The Morgan fingerprint density at radius 2 is 1.55 bits per heavy atom. The second kappa shape index (κ2) is 10.4. The van der Waals surface area contributed by atoms with Crippen LogP contribution < -0.4 is 14.4 Å². The Balaban J connectivity index is 1.50. The predicted octanol–water partition coefficient (Wildman–Crippen LogP) is 0.786. The lowest BCUT2D eigenvalue weighted by Gasteiger charge is -2.23. The molecule has 1 aliphatic rings. The fourth-order valence-corrected chi connectivity index (χ4v) is 2.30. The van der Waals surface area contributed by atoms with Crippen LogP contribution in [-0.2, 0) is 9.47 Å². The molecule has 0 bridgehead atoms. The number of ether oxygens (including phenoxy) is 4. The average Bonchev–Trinajstić information content (AvgIpc) is 2.58. The largest absolute Gasteiger partial charge is 0.494 e. The minimum atomic E-state index is 0.577. The molecule has 0 aromatic heterocycles. The second-order valence-corrected chi connectivity index (χ2v) is 5.39. The first-order chi connectivity index (χ1) is 10.9. The van der Waals surface area contributed by atoms with Crippen LogP contribution in [0.2, 0.25) is 0 Å². The van der Waals surface area contributed by atoms with Crippen LogP contribution in [0.5, 0.6) is 11.5 Å². The summed E-state index contributed by atoms with van der Waals surface area (Å²) in [6.45, 7) is 9.80. The van der Waals surface area contributed by atoms with Crippen molar-refractivity contribution in [1.29, 1.82) is 0 Å². The fraction of sp³-hybridized carbons (Fsp3) is 0.647. The quantitative estimate of drug-likeness (QED) is 0.649. The van der Waals surface area contributed by atoms with Crippen LogP contribution in [-0.4, -0.2) is 59.3 Å². The molecule has 1 aromatic rings. The Labute approximate surface area is 133 Å². The lowest BCUT2D eigenvalue weighted by molar-refractivity contribution is -0.908. The molecule has 1 N–H and O–H groups in total. The molecule has 1 heterocycles. The number of quaternary nitrogens is 1. The zero-order chi connectivity index (χ0) is 15.5. The first kappa shape index (κ1) is 17.1. The van der Waals surface area contributed by atoms with Crippen LogP contribution in [0.25, 0.3) is 0 Å². The number of rotatable bonds is 10. The van der Waals surface area contributed by atoms with Crippen molar-refractivity contribution in [3.63, 3.8) is 0 Å². The van der Waals surface area contributed by atoms with Gasteiger partial charge in [0.1, 0.15) is 37.7 Å². The maximum Gasteiger partial charge on any atom is 0.119 e. The van der Waals surface area contributed by atoms with E-state index in [-0.39, 0.29) is 0 Å². The van der Waals surface area contributed by atoms with Gasteiger partial charge in [-0.2, -0.15) is 0 Å². The minimum Gasteiger partial charge on any atom is -0.494 e. The van der Waals surface area contributed by atoms with E-state index in [9.17, 15) is 0 Å². The first-order valence-electron chi connectivity index (χ1n) is 8.23. The molecule has 1 fully saturated rings. The Bertz CT molecular complexity index is 390. The predicted molar refractivity (Wildman–Crippen MR) is 84.9 cm³/mol. The molecule has 1 aromatic carbocycles. The Morgan fingerprint density at radius 1 is 0.909 bits per heavy atom. The molecule has 0 spiro atoms. The molecule has 0 aliphatic carbocycles. The molecule has 0 amide bonds. The molecule has 2 rings (SSSR count). The van der Waals surface area contributed by atoms with Gasteiger partial charge in [0.2, 0.25) is 0 Å². The van der Waals surface area contributed by atoms with Crippen LogP contribution in [0.15, 0.2) is 24.3 Å². The third-order valence-electron chi connectivity index (χ3n) is 3.59. The summed E-state index contributed by atoms with van der Waals surface area (Å²) in [6, 6.07) is 7.74. The fourth-order valence-electron chi connectivity index (χ4n) is 2.30. The van der Waals surface area contributed by atoms with Crippen LogP contribution in [0.3, 0.4) is 0 Å². The summed E-state index contributed by atoms with van der Waals surface area (Å²) < 4.78 is 22.1. The zero-order valence-electron chi connectivity index (χ0n) is 13.5. The van der Waals surface area contributed by atoms with Crippen molar-refractivity contribution >= 4 is 0 Å². The van der Waals surface area contributed by atoms with Crippen molar-refractivity contribution in [1.82, 2.24) is 0 Å². The summed E-state index contributed by atoms with van der Waals surface area (Å²) in [6.07, 6.45) is 1.02. The first-order valence-corrected chi connectivity index (χ1v) is 8.23. The van der Waals surface area contributed by atoms with Gasteiger partial charge in [-0.3, -0.25) is 0 Å². The third-order valence-corrected chi connectivity index (χ3v) is 3.59. The topological polar surface area (TPSA) is 41.4 Å². The third kappa shape index (κ3) is 6.64. The highest BCUT2D eigenvalue weighted by Gasteiger charge is 2.12. The van der Waals surface area contributed by atoms with E-state index in [1.807, 2.05) is 24.3 Å². The molecule has 124 valence electrons. The van der Waals surface area contributed by atoms with Gasteiger partial charge >= 0.3 is 0 Å². The van der Waals surface area contributed by atoms with Crippen LogP contribution in [0, 0.1) is 0 Å². The number of morpholine rings is 1. The molecule has 1 saturated heterocycles. The molecular formula is C17H28NO4+. The standard InChI is InChI=1S/C17H27NO4/c1-2-10-21-16-3-5-17(6-4-16)22-15-14-20-13-9-18-7-11-19-12-8-18/h3-6H,2,7-15H2,1H3/p+1. The lowest BCUT2D eigenvalue weighted by Crippen LogP contribution is -3.14. The van der Waals surface area contributed by atoms with Gasteiger partial charge in [0.05, 0.1) is 33.0 Å². The summed E-state index contributed by atoms with van der Waals surface area (Å²) in [5, 5.41) is 0. The van der Waals surface area contributed by atoms with Crippen molar-refractivity contribution in [2.75, 3.05) is 59.3 Å². The number of hydrogen-bond acceptors (Lipinski definition) is 4. The molecule has 5 nitrogen and oxygen atoms in total. The van der Waals surface area contributed by atoms with Crippen molar-refractivity contribution in [2.45, 2.75) is 13.3 Å². The van der Waals surface area contributed by atoms with E-state index in [0.717, 1.165) is 64.0 Å². The minimum absolute atomic E-state index is 0.577. The molecule has 0 atom stereocenters.